The van der Waals surface area contributed by atoms with Crippen LogP contribution in [0.25, 0.3) is 89.4 Å². The van der Waals surface area contributed by atoms with Crippen molar-refractivity contribution < 1.29 is 24.8 Å². The van der Waals surface area contributed by atoms with Gasteiger partial charge in [-0.05, 0) is 84.5 Å². The average molecular weight is 662 g/mol. The molecular weight excluding hydrogens is 630 g/mol. The van der Waals surface area contributed by atoms with Crippen molar-refractivity contribution in [3.63, 3.8) is 0 Å². The number of fused-ring (bicyclic) bond motifs is 4. The molecule has 1 aromatic heterocycles. The van der Waals surface area contributed by atoms with Gasteiger partial charge in [0, 0.05) is 16.3 Å². The molecule has 8 rings (SSSR count). The fourth-order valence-corrected chi connectivity index (χ4v) is 7.44. The van der Waals surface area contributed by atoms with Gasteiger partial charge in [-0.3, -0.25) is 0 Å². The Hall–Kier alpha value is -6.59. The summed E-state index contributed by atoms with van der Waals surface area (Å²) in [6, 6.07) is 36.8. The molecule has 51 heavy (non-hydrogen) atoms. The van der Waals surface area contributed by atoms with E-state index >= 15 is 0 Å². The fraction of sp³-hybridized carbons (Fsp3) is 0. The van der Waals surface area contributed by atoms with Gasteiger partial charge in [-0.1, -0.05) is 122 Å². The monoisotopic (exact) mass is 662 g/mol. The Morgan fingerprint density at radius 3 is 1.67 bits per heavy atom. The third kappa shape index (κ3) is 4.89. The van der Waals surface area contributed by atoms with Crippen molar-refractivity contribution >= 4 is 71.5 Å². The Labute approximate surface area is 296 Å². The predicted molar refractivity (Wildman–Crippen MR) is 216 cm³/mol. The largest absolute Gasteiger partial charge is 0.505 e. The van der Waals surface area contributed by atoms with Gasteiger partial charge in [0.25, 0.3) is 0 Å². The molecule has 0 fully saturated rings. The van der Waals surface area contributed by atoms with E-state index in [1.807, 2.05) is 54.6 Å². The second-order valence-corrected chi connectivity index (χ2v) is 12.9. The van der Waals surface area contributed by atoms with Gasteiger partial charge < -0.3 is 24.8 Å². The van der Waals surface area contributed by atoms with Crippen molar-refractivity contribution in [2.75, 3.05) is 0 Å². The number of benzene rings is 7. The third-order valence-corrected chi connectivity index (χ3v) is 9.94. The number of aromatic hydroxyl groups is 4. The molecule has 5 nitrogen and oxygen atoms in total. The number of furan rings is 1. The fourth-order valence-electron chi connectivity index (χ4n) is 7.44. The molecule has 0 amide bonds. The Morgan fingerprint density at radius 2 is 1.02 bits per heavy atom. The van der Waals surface area contributed by atoms with Crippen LogP contribution >= 0.6 is 0 Å². The van der Waals surface area contributed by atoms with E-state index in [4.69, 9.17) is 4.42 Å². The summed E-state index contributed by atoms with van der Waals surface area (Å²) in [6.45, 7) is 8.58. The summed E-state index contributed by atoms with van der Waals surface area (Å²) in [6.07, 6.45) is 3.72. The van der Waals surface area contributed by atoms with Crippen molar-refractivity contribution in [1.29, 1.82) is 0 Å². The first kappa shape index (κ1) is 31.7. The average Bonchev–Trinajstić information content (AvgIpc) is 3.54. The predicted octanol–water partition coefficient (Wildman–Crippen LogP) is 8.03. The summed E-state index contributed by atoms with van der Waals surface area (Å²) >= 11 is 0. The molecule has 7 heteroatoms. The number of phenolic OH excluding ortho intramolecular Hbond substituents is 4. The zero-order valence-electron chi connectivity index (χ0n) is 28.2. The lowest BCUT2D eigenvalue weighted by Crippen LogP contribution is -2.08. The van der Waals surface area contributed by atoms with Gasteiger partial charge in [0.1, 0.15) is 26.9 Å². The van der Waals surface area contributed by atoms with Crippen LogP contribution in [0.3, 0.4) is 0 Å². The molecule has 0 bridgehead atoms. The standard InChI is InChI=1S/C44H32B2O5/c1-3-28-29(4-2)38(31-10-6-5-9-30(31)36(28)25-15-13-23(14-16-25)24-17-19-27(45)20-18-24)33-21-26(37-40(46)42(48)44(50)43(49)41(37)47)22-35-39(33)32-11-7-8-12-34(32)51-35/h3-22,47-50H,1-2,45-46H2. The summed E-state index contributed by atoms with van der Waals surface area (Å²) in [7, 11) is 3.66. The topological polar surface area (TPSA) is 94.1 Å². The maximum absolute atomic E-state index is 11.2. The molecule has 0 aliphatic rings. The SMILES string of the molecule is Bc1ccc(-c2ccc(-c3c(C=C)c(C=C)c(-c4cc(-c5c(B)c(O)c(O)c(O)c5O)cc5oc6ccccc6c45)c4ccccc34)cc2)cc1. The van der Waals surface area contributed by atoms with Crippen LogP contribution < -0.4 is 10.9 Å². The van der Waals surface area contributed by atoms with Crippen LogP contribution in [0.1, 0.15) is 11.1 Å². The molecule has 0 saturated carbocycles. The zero-order valence-corrected chi connectivity index (χ0v) is 28.2. The molecule has 0 saturated heterocycles. The van der Waals surface area contributed by atoms with Crippen molar-refractivity contribution in [2.45, 2.75) is 0 Å². The highest BCUT2D eigenvalue weighted by molar-refractivity contribution is 6.39. The lowest BCUT2D eigenvalue weighted by atomic mass is 9.80. The second kappa shape index (κ2) is 12.1. The minimum Gasteiger partial charge on any atom is -0.505 e. The Bertz CT molecular complexity index is 2700. The maximum Gasteiger partial charge on any atom is 0.204 e. The van der Waals surface area contributed by atoms with Crippen LogP contribution in [-0.4, -0.2) is 36.1 Å². The molecule has 244 valence electrons. The number of rotatable bonds is 6. The van der Waals surface area contributed by atoms with Gasteiger partial charge in [-0.2, -0.15) is 0 Å². The molecule has 0 aliphatic carbocycles. The van der Waals surface area contributed by atoms with Gasteiger partial charge in [-0.25, -0.2) is 0 Å². The van der Waals surface area contributed by atoms with E-state index in [1.165, 1.54) is 5.46 Å². The minimum absolute atomic E-state index is 0.171. The number of hydrogen-bond donors (Lipinski definition) is 4. The van der Waals surface area contributed by atoms with E-state index in [0.29, 0.717) is 16.7 Å². The van der Waals surface area contributed by atoms with Crippen molar-refractivity contribution in [2.24, 2.45) is 0 Å². The normalized spacial score (nSPS) is 11.4. The molecule has 4 N–H and O–H groups in total. The first-order valence-corrected chi connectivity index (χ1v) is 16.6. The Morgan fingerprint density at radius 1 is 0.490 bits per heavy atom. The number of phenols is 4. The maximum atomic E-state index is 11.2. The smallest absolute Gasteiger partial charge is 0.204 e. The number of para-hydroxylation sites is 1. The molecule has 0 unspecified atom stereocenters. The summed E-state index contributed by atoms with van der Waals surface area (Å²) in [5.74, 6) is -2.65. The quantitative estimate of drug-likeness (QED) is 0.0822. The summed E-state index contributed by atoms with van der Waals surface area (Å²) in [4.78, 5) is 0. The third-order valence-electron chi connectivity index (χ3n) is 9.94. The number of hydrogen-bond acceptors (Lipinski definition) is 5. The second-order valence-electron chi connectivity index (χ2n) is 12.9. The molecule has 7 aromatic carbocycles. The summed E-state index contributed by atoms with van der Waals surface area (Å²) in [5.41, 5.74) is 11.1. The van der Waals surface area contributed by atoms with Crippen LogP contribution in [0.5, 0.6) is 23.0 Å². The Balaban J connectivity index is 1.46. The highest BCUT2D eigenvalue weighted by Crippen LogP contribution is 2.51. The zero-order chi connectivity index (χ0) is 35.6. The van der Waals surface area contributed by atoms with Gasteiger partial charge in [0.05, 0.1) is 0 Å². The molecule has 1 heterocycles. The summed E-state index contributed by atoms with van der Waals surface area (Å²) < 4.78 is 6.43. The van der Waals surface area contributed by atoms with E-state index in [9.17, 15) is 20.4 Å². The van der Waals surface area contributed by atoms with Crippen molar-refractivity contribution in [3.8, 4) is 67.5 Å². The first-order chi connectivity index (χ1) is 24.7. The Kier molecular flexibility index (Phi) is 7.50. The highest BCUT2D eigenvalue weighted by atomic mass is 16.3. The van der Waals surface area contributed by atoms with Crippen LogP contribution in [0.2, 0.25) is 0 Å². The van der Waals surface area contributed by atoms with Gasteiger partial charge in [-0.15, -0.1) is 0 Å². The molecule has 8 aromatic rings. The summed E-state index contributed by atoms with van der Waals surface area (Å²) in [5, 5.41) is 46.5. The molecule has 0 aliphatic heterocycles. The van der Waals surface area contributed by atoms with Gasteiger partial charge in [0.15, 0.2) is 11.5 Å². The molecular formula is C44H32B2O5. The van der Waals surface area contributed by atoms with Crippen molar-refractivity contribution in [3.05, 3.63) is 133 Å². The van der Waals surface area contributed by atoms with Crippen LogP contribution in [0, 0.1) is 0 Å². The van der Waals surface area contributed by atoms with Gasteiger partial charge in [0.2, 0.25) is 11.5 Å². The minimum atomic E-state index is -0.803. The molecule has 0 spiro atoms. The van der Waals surface area contributed by atoms with E-state index in [2.05, 4.69) is 81.7 Å². The van der Waals surface area contributed by atoms with E-state index in [-0.39, 0.29) is 11.0 Å². The van der Waals surface area contributed by atoms with E-state index in [0.717, 1.165) is 66.1 Å². The molecule has 0 atom stereocenters. The van der Waals surface area contributed by atoms with Crippen molar-refractivity contribution in [1.82, 2.24) is 0 Å². The van der Waals surface area contributed by atoms with E-state index < -0.39 is 23.0 Å². The first-order valence-electron chi connectivity index (χ1n) is 16.6. The van der Waals surface area contributed by atoms with Crippen LogP contribution in [0.4, 0.5) is 0 Å². The van der Waals surface area contributed by atoms with E-state index in [1.54, 1.807) is 13.9 Å². The van der Waals surface area contributed by atoms with Gasteiger partial charge >= 0.3 is 0 Å². The molecule has 0 radical (unpaired) electrons. The highest BCUT2D eigenvalue weighted by Gasteiger charge is 2.26. The lowest BCUT2D eigenvalue weighted by molar-refractivity contribution is 0.348. The van der Waals surface area contributed by atoms with Crippen LogP contribution in [0.15, 0.2) is 127 Å². The lowest BCUT2D eigenvalue weighted by Gasteiger charge is -2.22. The van der Waals surface area contributed by atoms with Crippen LogP contribution in [-0.2, 0) is 0 Å².